The number of methoxy groups -OCH3 is 2. The lowest BCUT2D eigenvalue weighted by Crippen LogP contribution is -2.17. The van der Waals surface area contributed by atoms with Gasteiger partial charge in [0, 0.05) is 27.7 Å². The molecule has 0 saturated heterocycles. The number of anilines is 2. The molecule has 0 aliphatic heterocycles. The minimum absolute atomic E-state index is 0.237. The van der Waals surface area contributed by atoms with E-state index in [0.717, 1.165) is 16.9 Å². The Hall–Kier alpha value is -1.26. The molecule has 4 heteroatoms. The highest BCUT2D eigenvalue weighted by atomic mass is 16.7. The molecule has 0 aromatic heterocycles. The van der Waals surface area contributed by atoms with Gasteiger partial charge in [0.05, 0.1) is 11.4 Å². The Kier molecular flexibility index (Phi) is 4.39. The van der Waals surface area contributed by atoms with Crippen molar-refractivity contribution in [2.75, 3.05) is 32.3 Å². The largest absolute Gasteiger partial charge is 0.397 e. The zero-order chi connectivity index (χ0) is 11.3. The van der Waals surface area contributed by atoms with Crippen molar-refractivity contribution in [2.24, 2.45) is 0 Å². The van der Waals surface area contributed by atoms with E-state index in [4.69, 9.17) is 15.2 Å². The lowest BCUT2D eigenvalue weighted by Gasteiger charge is -2.16. The van der Waals surface area contributed by atoms with Gasteiger partial charge in [-0.15, -0.1) is 0 Å². The van der Waals surface area contributed by atoms with Crippen LogP contribution < -0.4 is 11.1 Å². The standard InChI is InChI=1S/C11H18N2O2/c1-13-11-8(5-4-6-9(11)12)7-10(14-2)15-3/h4-6,10,13H,7,12H2,1-3H3. The number of hydrogen-bond donors (Lipinski definition) is 2. The summed E-state index contributed by atoms with van der Waals surface area (Å²) in [7, 11) is 5.10. The number of nitrogen functional groups attached to an aromatic ring is 1. The fraction of sp³-hybridized carbons (Fsp3) is 0.455. The highest BCUT2D eigenvalue weighted by Gasteiger charge is 2.11. The Morgan fingerprint density at radius 2 is 2.00 bits per heavy atom. The zero-order valence-corrected chi connectivity index (χ0v) is 9.41. The van der Waals surface area contributed by atoms with Crippen LogP contribution in [0.15, 0.2) is 18.2 Å². The first-order valence-electron chi connectivity index (χ1n) is 4.83. The molecule has 84 valence electrons. The summed E-state index contributed by atoms with van der Waals surface area (Å²) in [5.74, 6) is 0. The molecule has 0 heterocycles. The lowest BCUT2D eigenvalue weighted by atomic mass is 10.1. The number of rotatable bonds is 5. The molecule has 1 rings (SSSR count). The first kappa shape index (κ1) is 11.8. The number of ether oxygens (including phenoxy) is 2. The van der Waals surface area contributed by atoms with E-state index >= 15 is 0 Å². The average Bonchev–Trinajstić information content (AvgIpc) is 2.26. The number of nitrogens with one attached hydrogen (secondary N) is 1. The third-order valence-electron chi connectivity index (χ3n) is 2.35. The molecular formula is C11H18N2O2. The summed E-state index contributed by atoms with van der Waals surface area (Å²) in [5.41, 5.74) is 8.61. The molecule has 1 aromatic rings. The van der Waals surface area contributed by atoms with Crippen molar-refractivity contribution in [2.45, 2.75) is 12.7 Å². The molecule has 0 saturated carbocycles. The van der Waals surface area contributed by atoms with E-state index in [1.165, 1.54) is 0 Å². The first-order valence-corrected chi connectivity index (χ1v) is 4.83. The molecule has 0 aliphatic rings. The molecule has 3 N–H and O–H groups in total. The molecule has 0 radical (unpaired) electrons. The predicted octanol–water partition coefficient (Wildman–Crippen LogP) is 1.47. The van der Waals surface area contributed by atoms with E-state index in [2.05, 4.69) is 5.32 Å². The van der Waals surface area contributed by atoms with Gasteiger partial charge in [-0.2, -0.15) is 0 Å². The van der Waals surface area contributed by atoms with E-state index in [9.17, 15) is 0 Å². The number of benzene rings is 1. The van der Waals surface area contributed by atoms with E-state index in [1.807, 2.05) is 25.2 Å². The van der Waals surface area contributed by atoms with Gasteiger partial charge in [0.1, 0.15) is 0 Å². The number of hydrogen-bond acceptors (Lipinski definition) is 4. The molecule has 0 atom stereocenters. The summed E-state index contributed by atoms with van der Waals surface area (Å²) in [6.45, 7) is 0. The van der Waals surface area contributed by atoms with Gasteiger partial charge >= 0.3 is 0 Å². The van der Waals surface area contributed by atoms with Gasteiger partial charge in [0.25, 0.3) is 0 Å². The van der Waals surface area contributed by atoms with E-state index in [1.54, 1.807) is 14.2 Å². The Labute approximate surface area is 90.4 Å². The Morgan fingerprint density at radius 1 is 1.33 bits per heavy atom. The van der Waals surface area contributed by atoms with Crippen LogP contribution in [0.4, 0.5) is 11.4 Å². The van der Waals surface area contributed by atoms with Gasteiger partial charge in [-0.3, -0.25) is 0 Å². The zero-order valence-electron chi connectivity index (χ0n) is 9.41. The normalized spacial score (nSPS) is 10.7. The monoisotopic (exact) mass is 210 g/mol. The topological polar surface area (TPSA) is 56.5 Å². The summed E-state index contributed by atoms with van der Waals surface area (Å²) < 4.78 is 10.3. The summed E-state index contributed by atoms with van der Waals surface area (Å²) in [6.07, 6.45) is 0.438. The molecule has 0 spiro atoms. The fourth-order valence-corrected chi connectivity index (χ4v) is 1.54. The highest BCUT2D eigenvalue weighted by Crippen LogP contribution is 2.24. The summed E-state index contributed by atoms with van der Waals surface area (Å²) >= 11 is 0. The van der Waals surface area contributed by atoms with E-state index in [-0.39, 0.29) is 6.29 Å². The van der Waals surface area contributed by atoms with Gasteiger partial charge in [0.2, 0.25) is 0 Å². The third kappa shape index (κ3) is 2.84. The molecule has 0 amide bonds. The van der Waals surface area contributed by atoms with Crippen LogP contribution in [0.1, 0.15) is 5.56 Å². The minimum atomic E-state index is -0.237. The maximum Gasteiger partial charge on any atom is 0.160 e. The average molecular weight is 210 g/mol. The fourth-order valence-electron chi connectivity index (χ4n) is 1.54. The van der Waals surface area contributed by atoms with Gasteiger partial charge in [-0.05, 0) is 11.6 Å². The number of nitrogens with two attached hydrogens (primary N) is 1. The number of para-hydroxylation sites is 1. The van der Waals surface area contributed by atoms with E-state index < -0.39 is 0 Å². The van der Waals surface area contributed by atoms with Crippen LogP contribution in [0.25, 0.3) is 0 Å². The van der Waals surface area contributed by atoms with Crippen molar-refractivity contribution in [1.82, 2.24) is 0 Å². The molecular weight excluding hydrogens is 192 g/mol. The molecule has 15 heavy (non-hydrogen) atoms. The summed E-state index contributed by atoms with van der Waals surface area (Å²) in [6, 6.07) is 5.80. The van der Waals surface area contributed by atoms with Crippen molar-refractivity contribution in [3.63, 3.8) is 0 Å². The summed E-state index contributed by atoms with van der Waals surface area (Å²) in [4.78, 5) is 0. The second-order valence-corrected chi connectivity index (χ2v) is 3.24. The van der Waals surface area contributed by atoms with Crippen LogP contribution in [0.3, 0.4) is 0 Å². The van der Waals surface area contributed by atoms with Gasteiger partial charge < -0.3 is 20.5 Å². The molecule has 0 aliphatic carbocycles. The van der Waals surface area contributed by atoms with Gasteiger partial charge in [0.15, 0.2) is 6.29 Å². The Bertz CT molecular complexity index is 311. The van der Waals surface area contributed by atoms with Crippen LogP contribution in [0, 0.1) is 0 Å². The minimum Gasteiger partial charge on any atom is -0.397 e. The molecule has 0 fully saturated rings. The van der Waals surface area contributed by atoms with Crippen LogP contribution >= 0.6 is 0 Å². The molecule has 0 unspecified atom stereocenters. The van der Waals surface area contributed by atoms with Crippen molar-refractivity contribution in [3.8, 4) is 0 Å². The lowest BCUT2D eigenvalue weighted by molar-refractivity contribution is -0.100. The third-order valence-corrected chi connectivity index (χ3v) is 2.35. The van der Waals surface area contributed by atoms with Crippen LogP contribution in [-0.4, -0.2) is 27.6 Å². The first-order chi connectivity index (χ1) is 7.22. The van der Waals surface area contributed by atoms with Crippen molar-refractivity contribution >= 4 is 11.4 Å². The molecule has 4 nitrogen and oxygen atoms in total. The summed E-state index contributed by atoms with van der Waals surface area (Å²) in [5, 5.41) is 3.08. The van der Waals surface area contributed by atoms with Gasteiger partial charge in [-0.25, -0.2) is 0 Å². The van der Waals surface area contributed by atoms with Crippen LogP contribution in [0.5, 0.6) is 0 Å². The van der Waals surface area contributed by atoms with E-state index in [0.29, 0.717) is 6.42 Å². The quantitative estimate of drug-likeness (QED) is 0.571. The van der Waals surface area contributed by atoms with Crippen molar-refractivity contribution < 1.29 is 9.47 Å². The van der Waals surface area contributed by atoms with Gasteiger partial charge in [-0.1, -0.05) is 12.1 Å². The second kappa shape index (κ2) is 5.58. The Balaban J connectivity index is 2.88. The second-order valence-electron chi connectivity index (χ2n) is 3.24. The smallest absolute Gasteiger partial charge is 0.160 e. The van der Waals surface area contributed by atoms with Crippen molar-refractivity contribution in [3.05, 3.63) is 23.8 Å². The van der Waals surface area contributed by atoms with Crippen LogP contribution in [-0.2, 0) is 15.9 Å². The highest BCUT2D eigenvalue weighted by molar-refractivity contribution is 5.69. The van der Waals surface area contributed by atoms with Crippen LogP contribution in [0.2, 0.25) is 0 Å². The Morgan fingerprint density at radius 3 is 2.53 bits per heavy atom. The molecule has 0 bridgehead atoms. The maximum atomic E-state index is 5.85. The SMILES string of the molecule is CNc1c(N)cccc1CC(OC)OC. The van der Waals surface area contributed by atoms with Crippen molar-refractivity contribution in [1.29, 1.82) is 0 Å². The predicted molar refractivity (Wildman–Crippen MR) is 61.9 cm³/mol. The maximum absolute atomic E-state index is 5.85. The molecule has 1 aromatic carbocycles.